The van der Waals surface area contributed by atoms with Crippen LogP contribution in [0.25, 0.3) is 0 Å². The van der Waals surface area contributed by atoms with Gasteiger partial charge in [0.25, 0.3) is 5.91 Å². The molecule has 0 radical (unpaired) electrons. The van der Waals surface area contributed by atoms with Gasteiger partial charge < -0.3 is 10.6 Å². The van der Waals surface area contributed by atoms with E-state index in [1.165, 1.54) is 13.1 Å². The summed E-state index contributed by atoms with van der Waals surface area (Å²) >= 11 is 7.71. The minimum atomic E-state index is -4.62. The van der Waals surface area contributed by atoms with Gasteiger partial charge in [0.05, 0.1) is 22.2 Å². The predicted molar refractivity (Wildman–Crippen MR) is 77.5 cm³/mol. The Morgan fingerprint density at radius 3 is 2.45 bits per heavy atom. The highest BCUT2D eigenvalue weighted by Gasteiger charge is 2.36. The van der Waals surface area contributed by atoms with Crippen LogP contribution in [0.5, 0.6) is 0 Å². The Balaban J connectivity index is 3.26. The Hall–Kier alpha value is -1.15. The van der Waals surface area contributed by atoms with Crippen molar-refractivity contribution in [2.45, 2.75) is 19.1 Å². The van der Waals surface area contributed by atoms with Crippen LogP contribution in [0.15, 0.2) is 22.7 Å². The van der Waals surface area contributed by atoms with Gasteiger partial charge in [0.15, 0.2) is 0 Å². The molecule has 0 aromatic heterocycles. The molecule has 0 fully saturated rings. The molecule has 0 aliphatic heterocycles. The van der Waals surface area contributed by atoms with E-state index in [4.69, 9.17) is 18.0 Å². The van der Waals surface area contributed by atoms with E-state index in [1.807, 2.05) is 0 Å². The summed E-state index contributed by atoms with van der Waals surface area (Å²) in [5.74, 6) is -0.787. The Labute approximate surface area is 128 Å². The van der Waals surface area contributed by atoms with E-state index in [1.54, 1.807) is 6.92 Å². The summed E-state index contributed by atoms with van der Waals surface area (Å²) in [7, 11) is 1.36. The van der Waals surface area contributed by atoms with E-state index in [0.717, 1.165) is 17.0 Å². The summed E-state index contributed by atoms with van der Waals surface area (Å²) < 4.78 is 39.2. The number of amides is 1. The average Bonchev–Trinajstić information content (AvgIpc) is 2.34. The van der Waals surface area contributed by atoms with E-state index in [9.17, 15) is 18.0 Å². The van der Waals surface area contributed by atoms with Crippen molar-refractivity contribution in [1.82, 2.24) is 4.90 Å². The van der Waals surface area contributed by atoms with Gasteiger partial charge in [-0.25, -0.2) is 0 Å². The fraction of sp³-hybridized carbons (Fsp3) is 0.333. The summed E-state index contributed by atoms with van der Waals surface area (Å²) in [6.07, 6.45) is -4.62. The second-order valence-corrected chi connectivity index (χ2v) is 5.57. The van der Waals surface area contributed by atoms with E-state index < -0.39 is 29.3 Å². The van der Waals surface area contributed by atoms with Gasteiger partial charge in [0.2, 0.25) is 0 Å². The minimum absolute atomic E-state index is 0.0338. The molecule has 1 unspecified atom stereocenters. The second-order valence-electron chi connectivity index (χ2n) is 4.18. The maximum atomic E-state index is 13.0. The molecule has 1 aromatic carbocycles. The van der Waals surface area contributed by atoms with Crippen molar-refractivity contribution in [1.29, 1.82) is 0 Å². The molecule has 0 saturated heterocycles. The molecule has 20 heavy (non-hydrogen) atoms. The maximum Gasteiger partial charge on any atom is 0.417 e. The first-order valence-electron chi connectivity index (χ1n) is 5.49. The number of nitrogens with zero attached hydrogens (tertiary/aromatic N) is 1. The lowest BCUT2D eigenvalue weighted by molar-refractivity contribution is -0.138. The number of nitrogens with two attached hydrogens (primary N) is 1. The van der Waals surface area contributed by atoms with Crippen molar-refractivity contribution in [2.24, 2.45) is 5.73 Å². The first-order valence-corrected chi connectivity index (χ1v) is 6.69. The van der Waals surface area contributed by atoms with Crippen molar-refractivity contribution in [3.05, 3.63) is 33.8 Å². The molecule has 0 heterocycles. The van der Waals surface area contributed by atoms with Gasteiger partial charge in [-0.15, -0.1) is 0 Å². The fourth-order valence-electron chi connectivity index (χ4n) is 1.49. The predicted octanol–water partition coefficient (Wildman–Crippen LogP) is 3.21. The zero-order valence-corrected chi connectivity index (χ0v) is 13.1. The lowest BCUT2D eigenvalue weighted by Crippen LogP contribution is -2.43. The van der Waals surface area contributed by atoms with Crippen LogP contribution in [0.3, 0.4) is 0 Å². The highest BCUT2D eigenvalue weighted by Crippen LogP contribution is 2.34. The van der Waals surface area contributed by atoms with Gasteiger partial charge in [0, 0.05) is 11.5 Å². The van der Waals surface area contributed by atoms with Gasteiger partial charge in [-0.2, -0.15) is 13.2 Å². The van der Waals surface area contributed by atoms with Crippen LogP contribution in [-0.4, -0.2) is 28.9 Å². The van der Waals surface area contributed by atoms with Crippen molar-refractivity contribution < 1.29 is 18.0 Å². The standard InChI is InChI=1S/C12H12BrF3N2OS/c1-6(10(17)20)18(2)11(19)8-4-3-7(13)5-9(8)12(14,15)16/h3-6H,1-2H3,(H2,17,20). The number of halogens is 4. The highest BCUT2D eigenvalue weighted by atomic mass is 79.9. The zero-order chi connectivity index (χ0) is 15.7. The lowest BCUT2D eigenvalue weighted by atomic mass is 10.1. The van der Waals surface area contributed by atoms with Crippen molar-refractivity contribution >= 4 is 39.0 Å². The topological polar surface area (TPSA) is 46.3 Å². The van der Waals surface area contributed by atoms with E-state index >= 15 is 0 Å². The van der Waals surface area contributed by atoms with Gasteiger partial charge in [-0.3, -0.25) is 4.79 Å². The monoisotopic (exact) mass is 368 g/mol. The van der Waals surface area contributed by atoms with Crippen LogP contribution in [-0.2, 0) is 6.18 Å². The van der Waals surface area contributed by atoms with E-state index in [-0.39, 0.29) is 9.46 Å². The fourth-order valence-corrected chi connectivity index (χ4v) is 2.01. The summed E-state index contributed by atoms with van der Waals surface area (Å²) in [4.78, 5) is 13.3. The molecule has 0 aliphatic rings. The van der Waals surface area contributed by atoms with Crippen LogP contribution in [0.4, 0.5) is 13.2 Å². The molecular weight excluding hydrogens is 357 g/mol. The molecule has 110 valence electrons. The Bertz CT molecular complexity index is 548. The smallest absolute Gasteiger partial charge is 0.392 e. The Morgan fingerprint density at radius 2 is 2.00 bits per heavy atom. The molecule has 0 spiro atoms. The number of carbonyl (C=O) groups is 1. The quantitative estimate of drug-likeness (QED) is 0.833. The molecule has 1 aromatic rings. The van der Waals surface area contributed by atoms with Gasteiger partial charge >= 0.3 is 6.18 Å². The first kappa shape index (κ1) is 16.9. The zero-order valence-electron chi connectivity index (χ0n) is 10.7. The molecule has 1 rings (SSSR count). The summed E-state index contributed by atoms with van der Waals surface area (Å²) in [6.45, 7) is 1.55. The molecule has 1 atom stereocenters. The van der Waals surface area contributed by atoms with Gasteiger partial charge in [-0.05, 0) is 25.1 Å². The molecule has 2 N–H and O–H groups in total. The minimum Gasteiger partial charge on any atom is -0.392 e. The largest absolute Gasteiger partial charge is 0.417 e. The number of thiocarbonyl (C=S) groups is 1. The average molecular weight is 369 g/mol. The lowest BCUT2D eigenvalue weighted by Gasteiger charge is -2.25. The number of rotatable bonds is 3. The second kappa shape index (κ2) is 6.09. The summed E-state index contributed by atoms with van der Waals surface area (Å²) in [5, 5.41) is 0. The van der Waals surface area contributed by atoms with Crippen LogP contribution in [0.1, 0.15) is 22.8 Å². The van der Waals surface area contributed by atoms with Crippen molar-refractivity contribution in [2.75, 3.05) is 7.05 Å². The molecular formula is C12H12BrF3N2OS. The molecule has 1 amide bonds. The number of carbonyl (C=O) groups excluding carboxylic acids is 1. The third-order valence-corrected chi connectivity index (χ3v) is 3.66. The third-order valence-electron chi connectivity index (χ3n) is 2.83. The number of alkyl halides is 3. The maximum absolute atomic E-state index is 13.0. The molecule has 3 nitrogen and oxygen atoms in total. The van der Waals surface area contributed by atoms with Crippen LogP contribution < -0.4 is 5.73 Å². The van der Waals surface area contributed by atoms with Crippen LogP contribution in [0, 0.1) is 0 Å². The molecule has 8 heteroatoms. The molecule has 0 saturated carbocycles. The Morgan fingerprint density at radius 1 is 1.45 bits per heavy atom. The first-order chi connectivity index (χ1) is 9.05. The number of benzene rings is 1. The van der Waals surface area contributed by atoms with Gasteiger partial charge in [0.1, 0.15) is 0 Å². The van der Waals surface area contributed by atoms with Crippen LogP contribution >= 0.6 is 28.1 Å². The number of hydrogen-bond acceptors (Lipinski definition) is 2. The van der Waals surface area contributed by atoms with E-state index in [2.05, 4.69) is 15.9 Å². The summed E-state index contributed by atoms with van der Waals surface area (Å²) in [5.41, 5.74) is 3.97. The number of likely N-dealkylation sites (N-methyl/N-ethyl adjacent to an activating group) is 1. The van der Waals surface area contributed by atoms with Gasteiger partial charge in [-0.1, -0.05) is 28.1 Å². The molecule has 0 aliphatic carbocycles. The number of hydrogen-bond donors (Lipinski definition) is 1. The molecule has 0 bridgehead atoms. The highest BCUT2D eigenvalue weighted by molar-refractivity contribution is 9.10. The normalized spacial score (nSPS) is 12.9. The Kier molecular flexibility index (Phi) is 5.15. The van der Waals surface area contributed by atoms with Crippen molar-refractivity contribution in [3.8, 4) is 0 Å². The SMILES string of the molecule is CC(C(N)=S)N(C)C(=O)c1ccc(Br)cc1C(F)(F)F. The van der Waals surface area contributed by atoms with E-state index in [0.29, 0.717) is 0 Å². The van der Waals surface area contributed by atoms with Crippen molar-refractivity contribution in [3.63, 3.8) is 0 Å². The third kappa shape index (κ3) is 3.69. The van der Waals surface area contributed by atoms with Crippen LogP contribution in [0.2, 0.25) is 0 Å². The summed E-state index contributed by atoms with van der Waals surface area (Å²) in [6, 6.07) is 2.73.